The molecule has 1 aliphatic carbocycles. The monoisotopic (exact) mass is 298 g/mol. The van der Waals surface area contributed by atoms with Crippen LogP contribution >= 0.6 is 11.8 Å². The molecule has 2 heterocycles. The van der Waals surface area contributed by atoms with Crippen molar-refractivity contribution in [3.8, 4) is 0 Å². The van der Waals surface area contributed by atoms with Gasteiger partial charge in [-0.05, 0) is 32.1 Å². The van der Waals surface area contributed by atoms with Gasteiger partial charge in [0.25, 0.3) is 0 Å². The molecule has 3 atom stereocenters. The van der Waals surface area contributed by atoms with Gasteiger partial charge in [0.05, 0.1) is 4.87 Å². The zero-order valence-electron chi connectivity index (χ0n) is 11.3. The van der Waals surface area contributed by atoms with Gasteiger partial charge < -0.3 is 15.3 Å². The Morgan fingerprint density at radius 1 is 1.50 bits per heavy atom. The van der Waals surface area contributed by atoms with Gasteiger partial charge in [0.1, 0.15) is 12.1 Å². The quantitative estimate of drug-likeness (QED) is 0.785. The zero-order chi connectivity index (χ0) is 14.5. The van der Waals surface area contributed by atoms with E-state index in [-0.39, 0.29) is 22.6 Å². The Morgan fingerprint density at radius 3 is 2.80 bits per heavy atom. The van der Waals surface area contributed by atoms with Crippen LogP contribution in [0.25, 0.3) is 0 Å². The van der Waals surface area contributed by atoms with Crippen LogP contribution < -0.4 is 5.32 Å². The molecule has 6 nitrogen and oxygen atoms in total. The topological polar surface area (TPSA) is 86.7 Å². The summed E-state index contributed by atoms with van der Waals surface area (Å²) in [5.41, 5.74) is 0. The number of carboxylic acid groups (broad SMARTS) is 1. The van der Waals surface area contributed by atoms with Crippen molar-refractivity contribution < 1.29 is 19.5 Å². The third-order valence-electron chi connectivity index (χ3n) is 4.40. The third-order valence-corrected chi connectivity index (χ3v) is 5.91. The molecular weight excluding hydrogens is 280 g/mol. The highest BCUT2D eigenvalue weighted by Crippen LogP contribution is 2.47. The van der Waals surface area contributed by atoms with Crippen LogP contribution in [0, 0.1) is 5.92 Å². The van der Waals surface area contributed by atoms with E-state index in [4.69, 9.17) is 5.11 Å². The summed E-state index contributed by atoms with van der Waals surface area (Å²) in [4.78, 5) is 36.8. The van der Waals surface area contributed by atoms with Crippen LogP contribution in [0.5, 0.6) is 0 Å². The highest BCUT2D eigenvalue weighted by molar-refractivity contribution is 8.01. The van der Waals surface area contributed by atoms with Gasteiger partial charge in [-0.2, -0.15) is 0 Å². The summed E-state index contributed by atoms with van der Waals surface area (Å²) in [6.45, 7) is 1.98. The number of rotatable bonds is 4. The van der Waals surface area contributed by atoms with E-state index in [9.17, 15) is 14.4 Å². The fourth-order valence-electron chi connectivity index (χ4n) is 3.07. The Morgan fingerprint density at radius 2 is 2.20 bits per heavy atom. The van der Waals surface area contributed by atoms with E-state index < -0.39 is 18.1 Å². The van der Waals surface area contributed by atoms with Gasteiger partial charge in [-0.15, -0.1) is 11.8 Å². The maximum Gasteiger partial charge on any atom is 0.326 e. The van der Waals surface area contributed by atoms with Gasteiger partial charge in [-0.3, -0.25) is 9.59 Å². The number of nitrogens with one attached hydrogen (secondary N) is 1. The molecule has 0 spiro atoms. The fourth-order valence-corrected chi connectivity index (χ4v) is 4.51. The van der Waals surface area contributed by atoms with Crippen LogP contribution in [0.4, 0.5) is 0 Å². The highest BCUT2D eigenvalue weighted by Gasteiger charge is 2.53. The molecule has 3 fully saturated rings. The molecule has 1 saturated carbocycles. The lowest BCUT2D eigenvalue weighted by molar-refractivity contribution is -0.144. The van der Waals surface area contributed by atoms with E-state index >= 15 is 0 Å². The second-order valence-electron chi connectivity index (χ2n) is 5.93. The number of carbonyl (C=O) groups is 3. The minimum atomic E-state index is -0.984. The molecule has 2 amide bonds. The largest absolute Gasteiger partial charge is 0.480 e. The summed E-state index contributed by atoms with van der Waals surface area (Å²) in [7, 11) is 0. The SMILES string of the molecule is CC12CCC(=O)N1C(C(=O)NC(C(=O)O)C1CC1)CS2. The van der Waals surface area contributed by atoms with Crippen LogP contribution in [0.1, 0.15) is 32.6 Å². The molecule has 0 aromatic heterocycles. The summed E-state index contributed by atoms with van der Waals surface area (Å²) in [6, 6.07) is -1.34. The lowest BCUT2D eigenvalue weighted by Gasteiger charge is -2.30. The molecule has 3 aliphatic rings. The van der Waals surface area contributed by atoms with Crippen molar-refractivity contribution in [2.75, 3.05) is 5.75 Å². The fraction of sp³-hybridized carbons (Fsp3) is 0.769. The van der Waals surface area contributed by atoms with Crippen LogP contribution in [0.3, 0.4) is 0 Å². The summed E-state index contributed by atoms with van der Waals surface area (Å²) in [5.74, 6) is -0.717. The van der Waals surface area contributed by atoms with Gasteiger partial charge in [-0.1, -0.05) is 0 Å². The van der Waals surface area contributed by atoms with Gasteiger partial charge in [-0.25, -0.2) is 4.79 Å². The Bertz CT molecular complexity index is 479. The van der Waals surface area contributed by atoms with E-state index in [0.29, 0.717) is 12.2 Å². The minimum Gasteiger partial charge on any atom is -0.480 e. The van der Waals surface area contributed by atoms with Crippen molar-refractivity contribution in [1.82, 2.24) is 10.2 Å². The molecule has 0 radical (unpaired) electrons. The number of carbonyl (C=O) groups excluding carboxylic acids is 2. The molecule has 2 N–H and O–H groups in total. The van der Waals surface area contributed by atoms with Crippen molar-refractivity contribution in [2.24, 2.45) is 5.92 Å². The van der Waals surface area contributed by atoms with Crippen LogP contribution in [-0.4, -0.2) is 50.5 Å². The zero-order valence-corrected chi connectivity index (χ0v) is 12.1. The molecule has 0 aromatic rings. The van der Waals surface area contributed by atoms with Crippen molar-refractivity contribution in [3.05, 3.63) is 0 Å². The maximum absolute atomic E-state index is 12.3. The molecular formula is C13H18N2O4S. The Labute approximate surface area is 121 Å². The molecule has 0 aromatic carbocycles. The van der Waals surface area contributed by atoms with E-state index in [1.807, 2.05) is 6.92 Å². The first-order valence-corrected chi connectivity index (χ1v) is 7.90. The molecule has 2 saturated heterocycles. The van der Waals surface area contributed by atoms with Crippen molar-refractivity contribution in [1.29, 1.82) is 0 Å². The van der Waals surface area contributed by atoms with Crippen LogP contribution in [0.2, 0.25) is 0 Å². The van der Waals surface area contributed by atoms with Gasteiger partial charge >= 0.3 is 5.97 Å². The Hall–Kier alpha value is -1.24. The Balaban J connectivity index is 1.71. The molecule has 20 heavy (non-hydrogen) atoms. The number of aliphatic carboxylic acids is 1. The molecule has 3 rings (SSSR count). The smallest absolute Gasteiger partial charge is 0.326 e. The van der Waals surface area contributed by atoms with E-state index in [1.54, 1.807) is 16.7 Å². The lowest BCUT2D eigenvalue weighted by atomic mass is 10.1. The van der Waals surface area contributed by atoms with Gasteiger partial charge in [0.15, 0.2) is 0 Å². The first-order chi connectivity index (χ1) is 9.42. The second kappa shape index (κ2) is 4.65. The molecule has 0 bridgehead atoms. The highest BCUT2D eigenvalue weighted by atomic mass is 32.2. The number of carboxylic acids is 1. The molecule has 3 unspecified atom stereocenters. The van der Waals surface area contributed by atoms with Crippen molar-refractivity contribution in [2.45, 2.75) is 49.6 Å². The number of nitrogens with zero attached hydrogens (tertiary/aromatic N) is 1. The third kappa shape index (κ3) is 2.17. The second-order valence-corrected chi connectivity index (χ2v) is 7.43. The summed E-state index contributed by atoms with van der Waals surface area (Å²) in [5, 5.41) is 11.8. The van der Waals surface area contributed by atoms with Gasteiger partial charge in [0, 0.05) is 12.2 Å². The number of hydrogen-bond acceptors (Lipinski definition) is 4. The minimum absolute atomic E-state index is 0.00375. The predicted octanol–water partition coefficient (Wildman–Crippen LogP) is 0.420. The lowest BCUT2D eigenvalue weighted by Crippen LogP contribution is -2.54. The average Bonchev–Trinajstić information content (AvgIpc) is 3.09. The summed E-state index contributed by atoms with van der Waals surface area (Å²) < 4.78 is 0. The normalized spacial score (nSPS) is 34.0. The molecule has 7 heteroatoms. The number of thioether (sulfide) groups is 1. The predicted molar refractivity (Wildman–Crippen MR) is 73.0 cm³/mol. The van der Waals surface area contributed by atoms with Crippen LogP contribution in [-0.2, 0) is 14.4 Å². The summed E-state index contributed by atoms with van der Waals surface area (Å²) >= 11 is 1.61. The van der Waals surface area contributed by atoms with Gasteiger partial charge in [0.2, 0.25) is 11.8 Å². The average molecular weight is 298 g/mol. The van der Waals surface area contributed by atoms with Crippen molar-refractivity contribution >= 4 is 29.5 Å². The number of hydrogen-bond donors (Lipinski definition) is 2. The standard InChI is InChI=1S/C13H18N2O4S/c1-13-5-4-9(16)15(13)8(6-20-13)11(17)14-10(12(18)19)7-2-3-7/h7-8,10H,2-6H2,1H3,(H,14,17)(H,18,19). The Kier molecular flexibility index (Phi) is 3.19. The van der Waals surface area contributed by atoms with Crippen molar-refractivity contribution in [3.63, 3.8) is 0 Å². The first-order valence-electron chi connectivity index (χ1n) is 6.92. The van der Waals surface area contributed by atoms with E-state index in [0.717, 1.165) is 19.3 Å². The number of fused-ring (bicyclic) bond motifs is 1. The van der Waals surface area contributed by atoms with E-state index in [1.165, 1.54) is 0 Å². The maximum atomic E-state index is 12.3. The first kappa shape index (κ1) is 13.7. The van der Waals surface area contributed by atoms with E-state index in [2.05, 4.69) is 5.32 Å². The summed E-state index contributed by atoms with van der Waals surface area (Å²) in [6.07, 6.45) is 2.91. The van der Waals surface area contributed by atoms with Crippen LogP contribution in [0.15, 0.2) is 0 Å². The molecule has 110 valence electrons. The molecule has 2 aliphatic heterocycles. The number of amides is 2.